The Morgan fingerprint density at radius 2 is 2.08 bits per heavy atom. The van der Waals surface area contributed by atoms with Crippen molar-refractivity contribution in [1.82, 2.24) is 14.3 Å². The van der Waals surface area contributed by atoms with Crippen molar-refractivity contribution in [3.8, 4) is 0 Å². The Morgan fingerprint density at radius 3 is 3.00 bits per heavy atom. The first kappa shape index (κ1) is 13.2. The van der Waals surface area contributed by atoms with E-state index < -0.39 is 6.23 Å². The fourth-order valence-electron chi connectivity index (χ4n) is 3.13. The molecule has 2 aromatic heterocycles. The van der Waals surface area contributed by atoms with Crippen molar-refractivity contribution in [2.24, 2.45) is 4.99 Å². The Bertz CT molecular complexity index is 1160. The number of amidine groups is 1. The number of benzene rings is 1. The number of aromatic nitrogens is 2. The Hall–Kier alpha value is -3.25. The van der Waals surface area contributed by atoms with Gasteiger partial charge < -0.3 is 10.0 Å². The minimum absolute atomic E-state index is 0.144. The Balaban J connectivity index is 1.86. The number of rotatable bonds is 0. The summed E-state index contributed by atoms with van der Waals surface area (Å²) in [4.78, 5) is 23.5. The normalized spacial score (nSPS) is 18.6. The summed E-state index contributed by atoms with van der Waals surface area (Å²) < 4.78 is 1.51. The van der Waals surface area contributed by atoms with Crippen LogP contribution in [0.25, 0.3) is 16.6 Å². The van der Waals surface area contributed by atoms with Gasteiger partial charge in [-0.3, -0.25) is 9.20 Å². The number of aliphatic hydroxyl groups excluding tert-OH is 1. The highest BCUT2D eigenvalue weighted by atomic mass is 16.3. The van der Waals surface area contributed by atoms with Gasteiger partial charge in [0.25, 0.3) is 5.56 Å². The van der Waals surface area contributed by atoms with Crippen LogP contribution in [0.15, 0.2) is 70.7 Å². The summed E-state index contributed by atoms with van der Waals surface area (Å²) in [6.07, 6.45) is 8.14. The number of aliphatic hydroxyl groups is 1. The van der Waals surface area contributed by atoms with Crippen molar-refractivity contribution in [2.75, 3.05) is 0 Å². The predicted octanol–water partition coefficient (Wildman–Crippen LogP) is 2.27. The molecule has 1 atom stereocenters. The third-order valence-electron chi connectivity index (χ3n) is 4.31. The Morgan fingerprint density at radius 1 is 1.17 bits per heavy atom. The molecule has 0 saturated heterocycles. The predicted molar refractivity (Wildman–Crippen MR) is 91.1 cm³/mol. The monoisotopic (exact) mass is 316 g/mol. The molecule has 1 N–H and O–H groups in total. The molecule has 116 valence electrons. The molecule has 0 amide bonds. The highest BCUT2D eigenvalue weighted by Gasteiger charge is 2.27. The zero-order valence-corrected chi connectivity index (χ0v) is 12.5. The van der Waals surface area contributed by atoms with Crippen LogP contribution in [-0.2, 0) is 0 Å². The number of nitrogens with zero attached hydrogens (tertiary/aromatic N) is 4. The zero-order chi connectivity index (χ0) is 16.3. The van der Waals surface area contributed by atoms with Crippen molar-refractivity contribution >= 4 is 28.1 Å². The standard InChI is InChI=1S/C18H12N4O2/c23-17-11-10-14-12(18(24)22-8-4-2-6-16(22)20-14)9-13(11)19-15-5-1-3-7-21(15)17/h1-10,17,23H. The Kier molecular flexibility index (Phi) is 2.55. The van der Waals surface area contributed by atoms with Gasteiger partial charge in [0.2, 0.25) is 0 Å². The molecule has 4 heterocycles. The van der Waals surface area contributed by atoms with E-state index in [-0.39, 0.29) is 5.56 Å². The summed E-state index contributed by atoms with van der Waals surface area (Å²) in [6.45, 7) is 0. The summed E-state index contributed by atoms with van der Waals surface area (Å²) >= 11 is 0. The average molecular weight is 316 g/mol. The van der Waals surface area contributed by atoms with Crippen LogP contribution in [0.4, 0.5) is 5.69 Å². The van der Waals surface area contributed by atoms with Crippen LogP contribution in [0.5, 0.6) is 0 Å². The highest BCUT2D eigenvalue weighted by molar-refractivity contribution is 5.99. The van der Waals surface area contributed by atoms with Crippen LogP contribution >= 0.6 is 0 Å². The molecule has 0 spiro atoms. The molecule has 0 aliphatic carbocycles. The van der Waals surface area contributed by atoms with Gasteiger partial charge in [0.15, 0.2) is 6.23 Å². The number of pyridine rings is 1. The van der Waals surface area contributed by atoms with Crippen LogP contribution < -0.4 is 5.56 Å². The molecular weight excluding hydrogens is 304 g/mol. The largest absolute Gasteiger partial charge is 0.369 e. The molecule has 1 unspecified atom stereocenters. The lowest BCUT2D eigenvalue weighted by Crippen LogP contribution is -2.32. The van der Waals surface area contributed by atoms with E-state index in [4.69, 9.17) is 0 Å². The molecule has 1 aromatic carbocycles. The van der Waals surface area contributed by atoms with Crippen LogP contribution in [0.3, 0.4) is 0 Å². The summed E-state index contributed by atoms with van der Waals surface area (Å²) in [6, 6.07) is 8.87. The summed E-state index contributed by atoms with van der Waals surface area (Å²) in [5.74, 6) is 0.644. The second-order valence-corrected chi connectivity index (χ2v) is 5.73. The molecule has 6 heteroatoms. The highest BCUT2D eigenvalue weighted by Crippen LogP contribution is 2.36. The lowest BCUT2D eigenvalue weighted by atomic mass is 10.0. The maximum Gasteiger partial charge on any atom is 0.265 e. The third-order valence-corrected chi connectivity index (χ3v) is 4.31. The number of hydrogen-bond acceptors (Lipinski definition) is 5. The van der Waals surface area contributed by atoms with Crippen LogP contribution in [-0.4, -0.2) is 25.2 Å². The fourth-order valence-corrected chi connectivity index (χ4v) is 3.13. The lowest BCUT2D eigenvalue weighted by molar-refractivity contribution is 0.0806. The number of hydrogen-bond donors (Lipinski definition) is 1. The van der Waals surface area contributed by atoms with E-state index in [0.29, 0.717) is 33.6 Å². The van der Waals surface area contributed by atoms with E-state index in [1.54, 1.807) is 41.6 Å². The maximum absolute atomic E-state index is 12.7. The molecule has 0 saturated carbocycles. The van der Waals surface area contributed by atoms with E-state index in [1.165, 1.54) is 4.40 Å². The average Bonchev–Trinajstić information content (AvgIpc) is 2.62. The topological polar surface area (TPSA) is 70.2 Å². The summed E-state index contributed by atoms with van der Waals surface area (Å²) in [7, 11) is 0. The van der Waals surface area contributed by atoms with Gasteiger partial charge in [-0.25, -0.2) is 9.98 Å². The zero-order valence-electron chi connectivity index (χ0n) is 12.5. The minimum Gasteiger partial charge on any atom is -0.369 e. The van der Waals surface area contributed by atoms with E-state index in [0.717, 1.165) is 0 Å². The minimum atomic E-state index is -0.853. The van der Waals surface area contributed by atoms with Gasteiger partial charge in [0, 0.05) is 18.0 Å². The maximum atomic E-state index is 12.7. The first-order valence-electron chi connectivity index (χ1n) is 7.57. The fraction of sp³-hybridized carbons (Fsp3) is 0.0556. The van der Waals surface area contributed by atoms with Crippen LogP contribution in [0, 0.1) is 0 Å². The SMILES string of the molecule is O=c1c2cc3c(cc2nc2ccccn12)C(O)N1C=CC=CC1=N3. The smallest absolute Gasteiger partial charge is 0.265 e. The molecule has 3 aromatic rings. The van der Waals surface area contributed by atoms with E-state index in [2.05, 4.69) is 9.98 Å². The summed E-state index contributed by atoms with van der Waals surface area (Å²) in [5, 5.41) is 11.1. The van der Waals surface area contributed by atoms with Crippen molar-refractivity contribution in [3.63, 3.8) is 0 Å². The van der Waals surface area contributed by atoms with Gasteiger partial charge in [-0.2, -0.15) is 0 Å². The lowest BCUT2D eigenvalue weighted by Gasteiger charge is -2.32. The molecule has 5 rings (SSSR count). The van der Waals surface area contributed by atoms with Crippen LogP contribution in [0.1, 0.15) is 11.8 Å². The van der Waals surface area contributed by atoms with Gasteiger partial charge in [0.1, 0.15) is 11.5 Å². The van der Waals surface area contributed by atoms with Crippen molar-refractivity contribution in [3.05, 3.63) is 76.9 Å². The van der Waals surface area contributed by atoms with Crippen molar-refractivity contribution in [1.29, 1.82) is 0 Å². The van der Waals surface area contributed by atoms with Crippen LogP contribution in [0.2, 0.25) is 0 Å². The molecule has 0 fully saturated rings. The number of allylic oxidation sites excluding steroid dienone is 2. The molecule has 2 aliphatic heterocycles. The second-order valence-electron chi connectivity index (χ2n) is 5.73. The number of fused-ring (bicyclic) bond motifs is 4. The molecule has 24 heavy (non-hydrogen) atoms. The van der Waals surface area contributed by atoms with E-state index in [9.17, 15) is 9.90 Å². The van der Waals surface area contributed by atoms with Gasteiger partial charge in [-0.05, 0) is 36.4 Å². The third kappa shape index (κ3) is 1.71. The van der Waals surface area contributed by atoms with Gasteiger partial charge >= 0.3 is 0 Å². The molecule has 2 aliphatic rings. The first-order valence-corrected chi connectivity index (χ1v) is 7.57. The van der Waals surface area contributed by atoms with Crippen molar-refractivity contribution < 1.29 is 5.11 Å². The second kappa shape index (κ2) is 4.62. The Labute approximate surface area is 136 Å². The van der Waals surface area contributed by atoms with Gasteiger partial charge in [-0.1, -0.05) is 12.1 Å². The van der Waals surface area contributed by atoms with Gasteiger partial charge in [0.05, 0.1) is 16.6 Å². The molecule has 6 nitrogen and oxygen atoms in total. The van der Waals surface area contributed by atoms with Crippen molar-refractivity contribution in [2.45, 2.75) is 6.23 Å². The van der Waals surface area contributed by atoms with E-state index >= 15 is 0 Å². The van der Waals surface area contributed by atoms with E-state index in [1.807, 2.05) is 24.3 Å². The first-order chi connectivity index (χ1) is 11.7. The molecular formula is C18H12N4O2. The molecule has 0 bridgehead atoms. The molecule has 0 radical (unpaired) electrons. The van der Waals surface area contributed by atoms with Gasteiger partial charge in [-0.15, -0.1) is 0 Å². The summed E-state index contributed by atoms with van der Waals surface area (Å²) in [5.41, 5.74) is 2.22. The number of aliphatic imine (C=N–C) groups is 1. The quantitative estimate of drug-likeness (QED) is 0.646.